The molecule has 112 valence electrons. The van der Waals surface area contributed by atoms with Gasteiger partial charge in [-0.2, -0.15) is 0 Å². The lowest BCUT2D eigenvalue weighted by molar-refractivity contribution is -0.118. The van der Waals surface area contributed by atoms with Gasteiger partial charge in [0.1, 0.15) is 0 Å². The SMILES string of the molecule is Cc1ccc(SCCNC(=O)CSc2nccn2C)cc1. The zero-order valence-corrected chi connectivity index (χ0v) is 13.8. The van der Waals surface area contributed by atoms with Gasteiger partial charge in [0.15, 0.2) is 5.16 Å². The van der Waals surface area contributed by atoms with Crippen LogP contribution in [0.4, 0.5) is 0 Å². The first kappa shape index (κ1) is 16.0. The minimum Gasteiger partial charge on any atom is -0.355 e. The Kier molecular flexibility index (Phi) is 6.20. The van der Waals surface area contributed by atoms with E-state index in [-0.39, 0.29) is 5.91 Å². The molecule has 0 aliphatic carbocycles. The Morgan fingerprint density at radius 3 is 2.71 bits per heavy atom. The molecule has 1 N–H and O–H groups in total. The minimum atomic E-state index is 0.0486. The smallest absolute Gasteiger partial charge is 0.230 e. The predicted molar refractivity (Wildman–Crippen MR) is 88.8 cm³/mol. The van der Waals surface area contributed by atoms with Crippen molar-refractivity contribution in [1.82, 2.24) is 14.9 Å². The summed E-state index contributed by atoms with van der Waals surface area (Å²) in [7, 11) is 1.92. The maximum atomic E-state index is 11.7. The number of benzene rings is 1. The average Bonchev–Trinajstić information content (AvgIpc) is 2.89. The predicted octanol–water partition coefficient (Wildman–Crippen LogP) is 2.73. The quantitative estimate of drug-likeness (QED) is 0.629. The van der Waals surface area contributed by atoms with Crippen LogP contribution >= 0.6 is 23.5 Å². The molecule has 0 aliphatic rings. The van der Waals surface area contributed by atoms with Crippen LogP contribution in [-0.4, -0.2) is 33.5 Å². The van der Waals surface area contributed by atoms with E-state index in [4.69, 9.17) is 0 Å². The first-order valence-corrected chi connectivity index (χ1v) is 8.68. The minimum absolute atomic E-state index is 0.0486. The molecule has 1 aromatic heterocycles. The van der Waals surface area contributed by atoms with Gasteiger partial charge in [0.05, 0.1) is 5.75 Å². The molecule has 0 radical (unpaired) electrons. The summed E-state index contributed by atoms with van der Waals surface area (Å²) in [6, 6.07) is 8.42. The molecule has 2 rings (SSSR count). The van der Waals surface area contributed by atoms with E-state index in [0.717, 1.165) is 10.9 Å². The van der Waals surface area contributed by atoms with Gasteiger partial charge in [0.2, 0.25) is 5.91 Å². The van der Waals surface area contributed by atoms with E-state index >= 15 is 0 Å². The fourth-order valence-electron chi connectivity index (χ4n) is 1.67. The summed E-state index contributed by atoms with van der Waals surface area (Å²) in [6.45, 7) is 2.76. The van der Waals surface area contributed by atoms with Gasteiger partial charge in [-0.25, -0.2) is 4.98 Å². The third-order valence-electron chi connectivity index (χ3n) is 2.82. The van der Waals surface area contributed by atoms with Gasteiger partial charge in [-0.05, 0) is 19.1 Å². The summed E-state index contributed by atoms with van der Waals surface area (Å²) in [4.78, 5) is 17.1. The molecule has 1 aromatic carbocycles. The molecule has 4 nitrogen and oxygen atoms in total. The van der Waals surface area contributed by atoms with Crippen LogP contribution in [0.25, 0.3) is 0 Å². The van der Waals surface area contributed by atoms with E-state index in [2.05, 4.69) is 41.5 Å². The Morgan fingerprint density at radius 1 is 1.29 bits per heavy atom. The van der Waals surface area contributed by atoms with E-state index < -0.39 is 0 Å². The lowest BCUT2D eigenvalue weighted by atomic mass is 10.2. The maximum Gasteiger partial charge on any atom is 0.230 e. The standard InChI is InChI=1S/C15H19N3OS2/c1-12-3-5-13(6-4-12)20-10-8-16-14(19)11-21-15-17-7-9-18(15)2/h3-7,9H,8,10-11H2,1-2H3,(H,16,19). The second-order valence-corrected chi connectivity index (χ2v) is 6.73. The van der Waals surface area contributed by atoms with Crippen molar-refractivity contribution < 1.29 is 4.79 Å². The van der Waals surface area contributed by atoms with Crippen molar-refractivity contribution in [3.8, 4) is 0 Å². The monoisotopic (exact) mass is 321 g/mol. The molecule has 0 saturated carbocycles. The number of hydrogen-bond donors (Lipinski definition) is 1. The Bertz CT molecular complexity index is 581. The summed E-state index contributed by atoms with van der Waals surface area (Å²) in [5, 5.41) is 3.79. The molecular formula is C15H19N3OS2. The first-order valence-electron chi connectivity index (χ1n) is 6.71. The molecule has 2 aromatic rings. The summed E-state index contributed by atoms with van der Waals surface area (Å²) in [5.74, 6) is 1.33. The van der Waals surface area contributed by atoms with Gasteiger partial charge in [-0.15, -0.1) is 11.8 Å². The highest BCUT2D eigenvalue weighted by Crippen LogP contribution is 2.17. The summed E-state index contributed by atoms with van der Waals surface area (Å²) in [5.41, 5.74) is 1.26. The van der Waals surface area contributed by atoms with Crippen molar-refractivity contribution in [3.63, 3.8) is 0 Å². The van der Waals surface area contributed by atoms with Gasteiger partial charge in [0.25, 0.3) is 0 Å². The first-order chi connectivity index (χ1) is 10.1. The van der Waals surface area contributed by atoms with Crippen LogP contribution < -0.4 is 5.32 Å². The van der Waals surface area contributed by atoms with Gasteiger partial charge in [-0.1, -0.05) is 29.5 Å². The third kappa shape index (κ3) is 5.47. The molecule has 0 spiro atoms. The van der Waals surface area contributed by atoms with Gasteiger partial charge in [-0.3, -0.25) is 4.79 Å². The second-order valence-electron chi connectivity index (χ2n) is 4.62. The lowest BCUT2D eigenvalue weighted by Crippen LogP contribution is -2.27. The number of aryl methyl sites for hydroxylation is 2. The Balaban J connectivity index is 1.61. The molecule has 21 heavy (non-hydrogen) atoms. The number of carbonyl (C=O) groups excluding carboxylic acids is 1. The average molecular weight is 321 g/mol. The molecule has 0 bridgehead atoms. The third-order valence-corrected chi connectivity index (χ3v) is 4.90. The molecule has 1 heterocycles. The number of amides is 1. The lowest BCUT2D eigenvalue weighted by Gasteiger charge is -2.05. The molecule has 0 fully saturated rings. The topological polar surface area (TPSA) is 46.9 Å². The number of hydrogen-bond acceptors (Lipinski definition) is 4. The molecule has 1 amide bonds. The number of nitrogens with one attached hydrogen (secondary N) is 1. The van der Waals surface area contributed by atoms with Gasteiger partial charge >= 0.3 is 0 Å². The highest BCUT2D eigenvalue weighted by molar-refractivity contribution is 7.99. The molecule has 0 unspecified atom stereocenters. The van der Waals surface area contributed by atoms with Crippen LogP contribution in [0.15, 0.2) is 46.7 Å². The summed E-state index contributed by atoms with van der Waals surface area (Å²) in [6.07, 6.45) is 3.61. The zero-order chi connectivity index (χ0) is 15.1. The zero-order valence-electron chi connectivity index (χ0n) is 12.2. The van der Waals surface area contributed by atoms with E-state index in [1.165, 1.54) is 22.2 Å². The number of thioether (sulfide) groups is 2. The molecule has 6 heteroatoms. The highest BCUT2D eigenvalue weighted by Gasteiger charge is 2.05. The van der Waals surface area contributed by atoms with Crippen LogP contribution in [0.1, 0.15) is 5.56 Å². The van der Waals surface area contributed by atoms with Crippen molar-refractivity contribution in [2.75, 3.05) is 18.1 Å². The van der Waals surface area contributed by atoms with Crippen molar-refractivity contribution in [1.29, 1.82) is 0 Å². The van der Waals surface area contributed by atoms with E-state index in [1.807, 2.05) is 17.8 Å². The Morgan fingerprint density at radius 2 is 2.05 bits per heavy atom. The summed E-state index contributed by atoms with van der Waals surface area (Å²) < 4.78 is 1.91. The fraction of sp³-hybridized carbons (Fsp3) is 0.333. The van der Waals surface area contributed by atoms with Crippen molar-refractivity contribution in [3.05, 3.63) is 42.2 Å². The molecule has 0 atom stereocenters. The molecular weight excluding hydrogens is 302 g/mol. The van der Waals surface area contributed by atoms with Crippen LogP contribution in [-0.2, 0) is 11.8 Å². The van der Waals surface area contributed by atoms with Crippen LogP contribution in [0.3, 0.4) is 0 Å². The molecule has 0 saturated heterocycles. The number of rotatable bonds is 7. The summed E-state index contributed by atoms with van der Waals surface area (Å²) >= 11 is 3.20. The molecule has 0 aliphatic heterocycles. The number of imidazole rings is 1. The van der Waals surface area contributed by atoms with Gasteiger partial charge < -0.3 is 9.88 Å². The van der Waals surface area contributed by atoms with Crippen molar-refractivity contribution in [2.24, 2.45) is 7.05 Å². The second kappa shape index (κ2) is 8.14. The largest absolute Gasteiger partial charge is 0.355 e. The Hall–Kier alpha value is -1.40. The maximum absolute atomic E-state index is 11.7. The number of aromatic nitrogens is 2. The van der Waals surface area contributed by atoms with E-state index in [0.29, 0.717) is 12.3 Å². The van der Waals surface area contributed by atoms with E-state index in [1.54, 1.807) is 18.0 Å². The van der Waals surface area contributed by atoms with E-state index in [9.17, 15) is 4.79 Å². The number of carbonyl (C=O) groups is 1. The Labute approximate surface area is 133 Å². The van der Waals surface area contributed by atoms with Crippen molar-refractivity contribution >= 4 is 29.4 Å². The fourth-order valence-corrected chi connectivity index (χ4v) is 3.20. The highest BCUT2D eigenvalue weighted by atomic mass is 32.2. The number of nitrogens with zero attached hydrogens (tertiary/aromatic N) is 2. The normalized spacial score (nSPS) is 10.6. The van der Waals surface area contributed by atoms with Crippen molar-refractivity contribution in [2.45, 2.75) is 17.0 Å². The van der Waals surface area contributed by atoms with Crippen LogP contribution in [0.5, 0.6) is 0 Å². The van der Waals surface area contributed by atoms with Crippen LogP contribution in [0.2, 0.25) is 0 Å². The van der Waals surface area contributed by atoms with Crippen LogP contribution in [0, 0.1) is 6.92 Å². The van der Waals surface area contributed by atoms with Gasteiger partial charge in [0, 0.05) is 36.6 Å².